The van der Waals surface area contributed by atoms with E-state index in [9.17, 15) is 4.39 Å². The first-order valence-corrected chi connectivity index (χ1v) is 7.44. The fourth-order valence-electron chi connectivity index (χ4n) is 1.29. The number of rotatable bonds is 7. The van der Waals surface area contributed by atoms with Gasteiger partial charge in [0.05, 0.1) is 5.83 Å². The molecule has 15 heavy (non-hydrogen) atoms. The van der Waals surface area contributed by atoms with E-state index in [0.717, 1.165) is 12.8 Å². The maximum atomic E-state index is 13.7. The number of allylic oxidation sites excluding steroid dienone is 2. The third kappa shape index (κ3) is 7.31. The molecule has 90 valence electrons. The largest absolute Gasteiger partial charge is 0.212 e. The number of unbranched alkanes of at least 4 members (excludes halogenated alkanes) is 1. The lowest BCUT2D eigenvalue weighted by Crippen LogP contribution is -2.03. The fraction of sp³-hybridized carbons (Fsp3) is 0.846. The Bertz CT molecular complexity index is 187. The highest BCUT2D eigenvalue weighted by atomic mass is 127. The van der Waals surface area contributed by atoms with Gasteiger partial charge in [0.15, 0.2) is 0 Å². The van der Waals surface area contributed by atoms with Gasteiger partial charge in [-0.3, -0.25) is 0 Å². The quantitative estimate of drug-likeness (QED) is 0.335. The second kappa shape index (κ2) is 8.54. The molecule has 0 spiro atoms. The van der Waals surface area contributed by atoms with Crippen LogP contribution in [0, 0.1) is 17.8 Å². The number of hydrogen-bond acceptors (Lipinski definition) is 0. The topological polar surface area (TPSA) is 0 Å². The summed E-state index contributed by atoms with van der Waals surface area (Å²) >= 11 is 2.37. The van der Waals surface area contributed by atoms with Gasteiger partial charge in [-0.2, -0.15) is 0 Å². The summed E-state index contributed by atoms with van der Waals surface area (Å²) in [5, 5.41) is 0. The third-order valence-corrected chi connectivity index (χ3v) is 3.73. The third-order valence-electron chi connectivity index (χ3n) is 2.97. The molecule has 0 aromatic heterocycles. The van der Waals surface area contributed by atoms with Gasteiger partial charge in [-0.15, -0.1) is 0 Å². The van der Waals surface area contributed by atoms with Crippen molar-refractivity contribution >= 4 is 22.6 Å². The summed E-state index contributed by atoms with van der Waals surface area (Å²) < 4.78 is 14.9. The summed E-state index contributed by atoms with van der Waals surface area (Å²) in [5.41, 5.74) is 0. The molecule has 0 aromatic rings. The average molecular weight is 326 g/mol. The van der Waals surface area contributed by atoms with Gasteiger partial charge in [-0.1, -0.05) is 56.7 Å². The predicted molar refractivity (Wildman–Crippen MR) is 75.1 cm³/mol. The molecule has 0 N–H and O–H groups in total. The van der Waals surface area contributed by atoms with Crippen molar-refractivity contribution in [1.29, 1.82) is 0 Å². The monoisotopic (exact) mass is 326 g/mol. The molecule has 0 radical (unpaired) electrons. The zero-order chi connectivity index (χ0) is 11.8. The maximum Gasteiger partial charge on any atom is 0.0990 e. The summed E-state index contributed by atoms with van der Waals surface area (Å²) in [6, 6.07) is 0. The molecule has 0 aromatic carbocycles. The molecule has 0 amide bonds. The maximum absolute atomic E-state index is 13.7. The van der Waals surface area contributed by atoms with Crippen LogP contribution in [0.5, 0.6) is 0 Å². The second-order valence-corrected chi connectivity index (χ2v) is 5.82. The normalized spacial score (nSPS) is 16.9. The van der Waals surface area contributed by atoms with Gasteiger partial charge in [0.1, 0.15) is 0 Å². The van der Waals surface area contributed by atoms with Crippen LogP contribution in [0.25, 0.3) is 0 Å². The van der Waals surface area contributed by atoms with Gasteiger partial charge in [-0.25, -0.2) is 4.39 Å². The van der Waals surface area contributed by atoms with Crippen molar-refractivity contribution in [3.63, 3.8) is 0 Å². The fourth-order valence-corrected chi connectivity index (χ4v) is 1.83. The Balaban J connectivity index is 4.00. The summed E-state index contributed by atoms with van der Waals surface area (Å²) in [7, 11) is 0. The van der Waals surface area contributed by atoms with E-state index in [0.29, 0.717) is 11.8 Å². The van der Waals surface area contributed by atoms with E-state index in [1.165, 1.54) is 10.8 Å². The van der Waals surface area contributed by atoms with Crippen LogP contribution in [-0.2, 0) is 0 Å². The molecule has 0 saturated heterocycles. The highest BCUT2D eigenvalue weighted by Crippen LogP contribution is 2.23. The van der Waals surface area contributed by atoms with E-state index in [2.05, 4.69) is 43.4 Å². The molecule has 0 aliphatic heterocycles. The molecule has 2 atom stereocenters. The number of alkyl halides is 1. The van der Waals surface area contributed by atoms with Crippen LogP contribution in [-0.4, -0.2) is 4.43 Å². The molecule has 0 saturated carbocycles. The van der Waals surface area contributed by atoms with Crippen molar-refractivity contribution in [3.8, 4) is 0 Å². The van der Waals surface area contributed by atoms with Crippen LogP contribution in [0.1, 0.15) is 47.0 Å². The first-order valence-electron chi connectivity index (χ1n) is 5.92. The lowest BCUT2D eigenvalue weighted by Gasteiger charge is -2.14. The first kappa shape index (κ1) is 15.4. The molecule has 0 aliphatic rings. The van der Waals surface area contributed by atoms with E-state index in [4.69, 9.17) is 0 Å². The summed E-state index contributed by atoms with van der Waals surface area (Å²) in [5.74, 6) is 1.06. The van der Waals surface area contributed by atoms with E-state index >= 15 is 0 Å². The zero-order valence-electron chi connectivity index (χ0n) is 10.4. The predicted octanol–water partition coefficient (Wildman–Crippen LogP) is 5.37. The number of halogens is 2. The van der Waals surface area contributed by atoms with Gasteiger partial charge < -0.3 is 0 Å². The Hall–Kier alpha value is 0.400. The number of hydrogen-bond donors (Lipinski definition) is 0. The van der Waals surface area contributed by atoms with Crippen LogP contribution in [0.4, 0.5) is 4.39 Å². The van der Waals surface area contributed by atoms with Crippen LogP contribution in [0.2, 0.25) is 0 Å². The van der Waals surface area contributed by atoms with Gasteiger partial charge in [0.2, 0.25) is 0 Å². The molecular formula is C13H24FI. The Morgan fingerprint density at radius 2 is 1.80 bits per heavy atom. The lowest BCUT2D eigenvalue weighted by molar-refractivity contribution is 0.428. The van der Waals surface area contributed by atoms with Crippen LogP contribution in [0.15, 0.2) is 11.9 Å². The highest BCUT2D eigenvalue weighted by Gasteiger charge is 2.11. The highest BCUT2D eigenvalue weighted by molar-refractivity contribution is 14.1. The van der Waals surface area contributed by atoms with Gasteiger partial charge in [0.25, 0.3) is 0 Å². The minimum absolute atomic E-state index is 0.0876. The molecule has 0 rings (SSSR count). The molecule has 0 nitrogen and oxygen atoms in total. The van der Waals surface area contributed by atoms with E-state index in [1.54, 1.807) is 6.08 Å². The van der Waals surface area contributed by atoms with Crippen LogP contribution >= 0.6 is 22.6 Å². The summed E-state index contributed by atoms with van der Waals surface area (Å²) in [6.07, 6.45) is 5.13. The van der Waals surface area contributed by atoms with Gasteiger partial charge >= 0.3 is 0 Å². The zero-order valence-corrected chi connectivity index (χ0v) is 12.6. The van der Waals surface area contributed by atoms with E-state index < -0.39 is 0 Å². The van der Waals surface area contributed by atoms with Crippen LogP contribution in [0.3, 0.4) is 0 Å². The Morgan fingerprint density at radius 1 is 1.20 bits per heavy atom. The second-order valence-electron chi connectivity index (χ2n) is 4.74. The Morgan fingerprint density at radius 3 is 2.27 bits per heavy atom. The van der Waals surface area contributed by atoms with Crippen molar-refractivity contribution in [2.45, 2.75) is 47.0 Å². The molecule has 0 fully saturated rings. The van der Waals surface area contributed by atoms with Crippen molar-refractivity contribution in [2.24, 2.45) is 17.8 Å². The smallest absolute Gasteiger partial charge is 0.0990 e. The summed E-state index contributed by atoms with van der Waals surface area (Å²) in [4.78, 5) is 0. The summed E-state index contributed by atoms with van der Waals surface area (Å²) in [6.45, 7) is 8.35. The standard InChI is InChI=1S/C13H24FI/c1-10(2)12(4)9-13(14)11(3)7-5-6-8-15/h9-12H,5-8H2,1-4H3/b13-9+/t11?,12-/m1/s1. The Kier molecular flexibility index (Phi) is 8.77. The lowest BCUT2D eigenvalue weighted by atomic mass is 9.94. The van der Waals surface area contributed by atoms with Gasteiger partial charge in [0, 0.05) is 5.92 Å². The van der Waals surface area contributed by atoms with E-state index in [1.807, 2.05) is 6.92 Å². The van der Waals surface area contributed by atoms with Crippen molar-refractivity contribution in [1.82, 2.24) is 0 Å². The molecule has 0 heterocycles. The molecule has 0 aliphatic carbocycles. The van der Waals surface area contributed by atoms with E-state index in [-0.39, 0.29) is 11.7 Å². The average Bonchev–Trinajstić information content (AvgIpc) is 2.17. The van der Waals surface area contributed by atoms with Crippen LogP contribution < -0.4 is 0 Å². The van der Waals surface area contributed by atoms with Crippen molar-refractivity contribution in [2.75, 3.05) is 4.43 Å². The van der Waals surface area contributed by atoms with Crippen molar-refractivity contribution < 1.29 is 4.39 Å². The SMILES string of the molecule is CC(CCCCI)/C(F)=C\[C@@H](C)C(C)C. The van der Waals surface area contributed by atoms with Crippen molar-refractivity contribution in [3.05, 3.63) is 11.9 Å². The van der Waals surface area contributed by atoms with Gasteiger partial charge in [-0.05, 0) is 35.2 Å². The molecule has 0 bridgehead atoms. The molecule has 1 unspecified atom stereocenters. The Labute approximate surface area is 108 Å². The first-order chi connectivity index (χ1) is 6.99. The minimum Gasteiger partial charge on any atom is -0.212 e. The molecule has 2 heteroatoms. The molecular weight excluding hydrogens is 302 g/mol. The minimum atomic E-state index is 0.0876.